The van der Waals surface area contributed by atoms with E-state index < -0.39 is 0 Å². The first-order chi connectivity index (χ1) is 8.91. The second-order valence-electron chi connectivity index (χ2n) is 5.18. The van der Waals surface area contributed by atoms with Crippen LogP contribution in [0.4, 0.5) is 5.82 Å². The molecule has 19 heavy (non-hydrogen) atoms. The molecule has 2 atom stereocenters. The molecule has 6 heteroatoms. The number of nitrogen functional groups attached to an aromatic ring is 1. The summed E-state index contributed by atoms with van der Waals surface area (Å²) in [7, 11) is 2.13. The quantitative estimate of drug-likeness (QED) is 0.637. The minimum absolute atomic E-state index is 0.0242. The smallest absolute Gasteiger partial charge is 0.148 e. The number of nitrogens with two attached hydrogens (primary N) is 1. The van der Waals surface area contributed by atoms with Crippen LogP contribution in [0.1, 0.15) is 19.4 Å². The maximum absolute atomic E-state index is 7.54. The number of hydrogen-bond acceptors (Lipinski definition) is 4. The SMILES string of the molecule is CC1CN(c2nccc(C(=N)N)c2Cl)CC(C)N1C. The lowest BCUT2D eigenvalue weighted by Crippen LogP contribution is -2.55. The van der Waals surface area contributed by atoms with Crippen molar-refractivity contribution in [1.29, 1.82) is 5.41 Å². The third-order valence-electron chi connectivity index (χ3n) is 3.82. The first kappa shape index (κ1) is 14.1. The lowest BCUT2D eigenvalue weighted by atomic mass is 10.1. The maximum Gasteiger partial charge on any atom is 0.148 e. The Hall–Kier alpha value is -1.33. The molecule has 2 heterocycles. The summed E-state index contributed by atoms with van der Waals surface area (Å²) in [4.78, 5) is 8.88. The number of hydrogen-bond donors (Lipinski definition) is 2. The molecular weight excluding hydrogens is 262 g/mol. The lowest BCUT2D eigenvalue weighted by molar-refractivity contribution is 0.169. The Morgan fingerprint density at radius 2 is 2.00 bits per heavy atom. The van der Waals surface area contributed by atoms with Gasteiger partial charge in [-0.2, -0.15) is 0 Å². The standard InChI is InChI=1S/C13H20ClN5/c1-8-6-19(7-9(2)18(8)3)13-11(14)10(12(15)16)4-5-17-13/h4-5,8-9H,6-7H2,1-3H3,(H3,15,16). The van der Waals surface area contributed by atoms with Crippen LogP contribution in [0.5, 0.6) is 0 Å². The zero-order valence-corrected chi connectivity index (χ0v) is 12.3. The van der Waals surface area contributed by atoms with Crippen molar-refractivity contribution in [3.63, 3.8) is 0 Å². The Morgan fingerprint density at radius 1 is 1.42 bits per heavy atom. The second kappa shape index (κ2) is 5.35. The largest absolute Gasteiger partial charge is 0.384 e. The molecule has 1 fully saturated rings. The van der Waals surface area contributed by atoms with Crippen LogP contribution in [0.3, 0.4) is 0 Å². The van der Waals surface area contributed by atoms with Crippen molar-refractivity contribution in [3.05, 3.63) is 22.8 Å². The van der Waals surface area contributed by atoms with Gasteiger partial charge >= 0.3 is 0 Å². The number of nitrogens with one attached hydrogen (secondary N) is 1. The number of halogens is 1. The zero-order chi connectivity index (χ0) is 14.2. The Labute approximate surface area is 118 Å². The van der Waals surface area contributed by atoms with Crippen LogP contribution in [-0.4, -0.2) is 47.9 Å². The summed E-state index contributed by atoms with van der Waals surface area (Å²) in [5.41, 5.74) is 6.08. The van der Waals surface area contributed by atoms with Crippen molar-refractivity contribution in [3.8, 4) is 0 Å². The van der Waals surface area contributed by atoms with E-state index in [1.165, 1.54) is 0 Å². The summed E-state index contributed by atoms with van der Waals surface area (Å²) >= 11 is 6.33. The van der Waals surface area contributed by atoms with E-state index >= 15 is 0 Å². The molecule has 3 N–H and O–H groups in total. The van der Waals surface area contributed by atoms with Gasteiger partial charge in [0.05, 0.1) is 5.02 Å². The van der Waals surface area contributed by atoms with Crippen LogP contribution >= 0.6 is 11.6 Å². The van der Waals surface area contributed by atoms with Crippen molar-refractivity contribution in [1.82, 2.24) is 9.88 Å². The van der Waals surface area contributed by atoms with E-state index in [9.17, 15) is 0 Å². The van der Waals surface area contributed by atoms with Crippen LogP contribution in [-0.2, 0) is 0 Å². The summed E-state index contributed by atoms with van der Waals surface area (Å²) in [6, 6.07) is 2.54. The summed E-state index contributed by atoms with van der Waals surface area (Å²) < 4.78 is 0. The Bertz CT molecular complexity index is 478. The highest BCUT2D eigenvalue weighted by molar-refractivity contribution is 6.36. The fourth-order valence-corrected chi connectivity index (χ4v) is 2.77. The van der Waals surface area contributed by atoms with E-state index in [0.717, 1.165) is 18.9 Å². The van der Waals surface area contributed by atoms with Crippen LogP contribution in [0.25, 0.3) is 0 Å². The lowest BCUT2D eigenvalue weighted by Gasteiger charge is -2.43. The molecule has 0 aromatic carbocycles. The van der Waals surface area contributed by atoms with E-state index in [4.69, 9.17) is 22.7 Å². The van der Waals surface area contributed by atoms with Crippen molar-refractivity contribution in [2.75, 3.05) is 25.0 Å². The molecule has 0 bridgehead atoms. The molecule has 1 aliphatic rings. The minimum Gasteiger partial charge on any atom is -0.384 e. The predicted octanol–water partition coefficient (Wildman–Crippen LogP) is 1.55. The van der Waals surface area contributed by atoms with E-state index in [0.29, 0.717) is 22.7 Å². The zero-order valence-electron chi connectivity index (χ0n) is 11.5. The number of nitrogens with zero attached hydrogens (tertiary/aromatic N) is 3. The molecule has 0 amide bonds. The highest BCUT2D eigenvalue weighted by atomic mass is 35.5. The van der Waals surface area contributed by atoms with Crippen LogP contribution in [0.2, 0.25) is 5.02 Å². The van der Waals surface area contributed by atoms with Gasteiger partial charge < -0.3 is 10.6 Å². The van der Waals surface area contributed by atoms with Crippen molar-refractivity contribution in [2.24, 2.45) is 5.73 Å². The molecule has 5 nitrogen and oxygen atoms in total. The monoisotopic (exact) mass is 281 g/mol. The van der Waals surface area contributed by atoms with Gasteiger partial charge in [-0.3, -0.25) is 10.3 Å². The van der Waals surface area contributed by atoms with Gasteiger partial charge in [-0.15, -0.1) is 0 Å². The number of amidine groups is 1. The Balaban J connectivity index is 2.32. The molecular formula is C13H20ClN5. The average molecular weight is 282 g/mol. The van der Waals surface area contributed by atoms with E-state index in [1.807, 2.05) is 0 Å². The molecule has 0 radical (unpaired) electrons. The van der Waals surface area contributed by atoms with Gasteiger partial charge in [0.2, 0.25) is 0 Å². The number of rotatable bonds is 2. The van der Waals surface area contributed by atoms with Crippen LogP contribution < -0.4 is 10.6 Å². The van der Waals surface area contributed by atoms with Crippen LogP contribution in [0, 0.1) is 5.41 Å². The summed E-state index contributed by atoms with van der Waals surface area (Å²) in [6.07, 6.45) is 1.66. The molecule has 0 spiro atoms. The summed E-state index contributed by atoms with van der Waals surface area (Å²) in [6.45, 7) is 6.11. The molecule has 1 saturated heterocycles. The highest BCUT2D eigenvalue weighted by Crippen LogP contribution is 2.29. The highest BCUT2D eigenvalue weighted by Gasteiger charge is 2.28. The molecule has 1 aliphatic heterocycles. The maximum atomic E-state index is 7.54. The van der Waals surface area contributed by atoms with E-state index in [2.05, 4.69) is 35.7 Å². The molecule has 2 rings (SSSR count). The van der Waals surface area contributed by atoms with Gasteiger partial charge in [-0.25, -0.2) is 4.98 Å². The van der Waals surface area contributed by atoms with Gasteiger partial charge in [-0.05, 0) is 27.0 Å². The molecule has 1 aromatic heterocycles. The van der Waals surface area contributed by atoms with Gasteiger partial charge in [0.1, 0.15) is 11.7 Å². The normalized spacial score (nSPS) is 24.5. The Kier molecular flexibility index (Phi) is 3.96. The van der Waals surface area contributed by atoms with Gasteiger partial charge in [-0.1, -0.05) is 11.6 Å². The number of piperazine rings is 1. The van der Waals surface area contributed by atoms with Gasteiger partial charge in [0, 0.05) is 36.9 Å². The molecule has 0 aliphatic carbocycles. The number of pyridine rings is 1. The third kappa shape index (κ3) is 2.67. The van der Waals surface area contributed by atoms with E-state index in [-0.39, 0.29) is 5.84 Å². The molecule has 0 saturated carbocycles. The van der Waals surface area contributed by atoms with Crippen molar-refractivity contribution < 1.29 is 0 Å². The summed E-state index contributed by atoms with van der Waals surface area (Å²) in [5.74, 6) is 0.699. The third-order valence-corrected chi connectivity index (χ3v) is 4.19. The predicted molar refractivity (Wildman–Crippen MR) is 79.2 cm³/mol. The topological polar surface area (TPSA) is 69.2 Å². The van der Waals surface area contributed by atoms with Crippen molar-refractivity contribution >= 4 is 23.3 Å². The van der Waals surface area contributed by atoms with Gasteiger partial charge in [0.15, 0.2) is 0 Å². The van der Waals surface area contributed by atoms with Crippen molar-refractivity contribution in [2.45, 2.75) is 25.9 Å². The molecule has 1 aromatic rings. The fourth-order valence-electron chi connectivity index (χ4n) is 2.44. The average Bonchev–Trinajstić information content (AvgIpc) is 2.35. The Morgan fingerprint density at radius 3 is 2.53 bits per heavy atom. The molecule has 104 valence electrons. The second-order valence-corrected chi connectivity index (χ2v) is 5.56. The summed E-state index contributed by atoms with van der Waals surface area (Å²) in [5, 5.41) is 8.01. The van der Waals surface area contributed by atoms with Crippen LogP contribution in [0.15, 0.2) is 12.3 Å². The first-order valence-electron chi connectivity index (χ1n) is 6.37. The fraction of sp³-hybridized carbons (Fsp3) is 0.538. The van der Waals surface area contributed by atoms with E-state index in [1.54, 1.807) is 12.3 Å². The number of anilines is 1. The number of aromatic nitrogens is 1. The number of likely N-dealkylation sites (N-methyl/N-ethyl adjacent to an activating group) is 1. The van der Waals surface area contributed by atoms with Gasteiger partial charge in [0.25, 0.3) is 0 Å². The molecule has 2 unspecified atom stereocenters. The first-order valence-corrected chi connectivity index (χ1v) is 6.75. The minimum atomic E-state index is -0.0242.